The molecule has 2 N–H and O–H groups in total. The van der Waals surface area contributed by atoms with Gasteiger partial charge in [-0.05, 0) is 39.2 Å². The third-order valence-corrected chi connectivity index (χ3v) is 5.15. The maximum atomic E-state index is 6.38. The summed E-state index contributed by atoms with van der Waals surface area (Å²) >= 11 is 3.56. The summed E-state index contributed by atoms with van der Waals surface area (Å²) in [6.45, 7) is 3.05. The van der Waals surface area contributed by atoms with Gasteiger partial charge in [-0.15, -0.1) is 12.4 Å². The number of halogens is 2. The predicted molar refractivity (Wildman–Crippen MR) is 99.9 cm³/mol. The van der Waals surface area contributed by atoms with Crippen LogP contribution < -0.4 is 15.2 Å². The molecule has 2 aromatic carbocycles. The number of nitrogens with two attached hydrogens (primary N) is 1. The van der Waals surface area contributed by atoms with Crippen molar-refractivity contribution in [2.45, 2.75) is 18.5 Å². The van der Waals surface area contributed by atoms with Gasteiger partial charge in [0.2, 0.25) is 6.79 Å². The molecule has 0 unspecified atom stereocenters. The van der Waals surface area contributed by atoms with Gasteiger partial charge >= 0.3 is 0 Å². The number of likely N-dealkylation sites (tertiary alicyclic amines) is 1. The summed E-state index contributed by atoms with van der Waals surface area (Å²) in [5.41, 5.74) is 8.92. The van der Waals surface area contributed by atoms with Crippen molar-refractivity contribution in [2.75, 3.05) is 19.9 Å². The molecular weight excluding hydrogens is 392 g/mol. The molecule has 128 valence electrons. The Morgan fingerprint density at radius 3 is 2.71 bits per heavy atom. The minimum absolute atomic E-state index is 0. The van der Waals surface area contributed by atoms with E-state index in [9.17, 15) is 0 Å². The van der Waals surface area contributed by atoms with E-state index in [1.54, 1.807) is 0 Å². The molecule has 0 bridgehead atoms. The van der Waals surface area contributed by atoms with Gasteiger partial charge in [-0.25, -0.2) is 0 Å². The predicted octanol–water partition coefficient (Wildman–Crippen LogP) is 3.53. The van der Waals surface area contributed by atoms with Gasteiger partial charge in [-0.2, -0.15) is 0 Å². The quantitative estimate of drug-likeness (QED) is 0.839. The first-order valence-corrected chi connectivity index (χ1v) is 8.61. The van der Waals surface area contributed by atoms with Crippen molar-refractivity contribution in [3.63, 3.8) is 0 Å². The molecule has 2 aliphatic heterocycles. The Kier molecular flexibility index (Phi) is 5.35. The van der Waals surface area contributed by atoms with Crippen molar-refractivity contribution >= 4 is 28.3 Å². The van der Waals surface area contributed by atoms with E-state index in [0.29, 0.717) is 12.7 Å². The number of nitrogens with zero attached hydrogens (tertiary/aromatic N) is 1. The minimum atomic E-state index is 0. The lowest BCUT2D eigenvalue weighted by molar-refractivity contribution is 0.173. The zero-order valence-electron chi connectivity index (χ0n) is 13.2. The van der Waals surface area contributed by atoms with Crippen molar-refractivity contribution in [2.24, 2.45) is 5.73 Å². The smallest absolute Gasteiger partial charge is 0.231 e. The first-order chi connectivity index (χ1) is 11.2. The molecule has 2 heterocycles. The lowest BCUT2D eigenvalue weighted by Crippen LogP contribution is -2.28. The summed E-state index contributed by atoms with van der Waals surface area (Å²) < 4.78 is 11.9. The molecule has 1 saturated heterocycles. The van der Waals surface area contributed by atoms with Gasteiger partial charge in [0.15, 0.2) is 11.5 Å². The van der Waals surface area contributed by atoms with Crippen LogP contribution in [0.5, 0.6) is 11.5 Å². The van der Waals surface area contributed by atoms with E-state index in [1.807, 2.05) is 6.07 Å². The van der Waals surface area contributed by atoms with Gasteiger partial charge in [0.25, 0.3) is 0 Å². The van der Waals surface area contributed by atoms with E-state index in [4.69, 9.17) is 15.2 Å². The fraction of sp³-hybridized carbons (Fsp3) is 0.333. The van der Waals surface area contributed by atoms with Crippen LogP contribution in [0.15, 0.2) is 46.9 Å². The zero-order valence-corrected chi connectivity index (χ0v) is 15.6. The number of ether oxygens (including phenoxy) is 2. The summed E-state index contributed by atoms with van der Waals surface area (Å²) in [6, 6.07) is 14.9. The summed E-state index contributed by atoms with van der Waals surface area (Å²) in [6.07, 6.45) is 0. The molecule has 2 aromatic rings. The first kappa shape index (κ1) is 17.5. The average Bonchev–Trinajstić information content (AvgIpc) is 3.15. The Morgan fingerprint density at radius 2 is 1.92 bits per heavy atom. The van der Waals surface area contributed by atoms with Crippen LogP contribution in [-0.2, 0) is 6.54 Å². The van der Waals surface area contributed by atoms with Crippen LogP contribution >= 0.6 is 28.3 Å². The lowest BCUT2D eigenvalue weighted by Gasteiger charge is -2.16. The molecule has 1 fully saturated rings. The van der Waals surface area contributed by atoms with Crippen LogP contribution in [-0.4, -0.2) is 30.8 Å². The molecule has 6 heteroatoms. The number of benzene rings is 2. The van der Waals surface area contributed by atoms with Crippen molar-refractivity contribution in [3.8, 4) is 11.5 Å². The Hall–Kier alpha value is -1.27. The summed E-state index contributed by atoms with van der Waals surface area (Å²) in [5, 5.41) is 0. The highest BCUT2D eigenvalue weighted by atomic mass is 79.9. The molecule has 4 nitrogen and oxygen atoms in total. The SMILES string of the molecule is Cl.N[C@@H]1CN(Cc2cc(Br)c3c(c2)OCO3)C[C@H]1c1ccccc1. The van der Waals surface area contributed by atoms with Crippen LogP contribution in [0.3, 0.4) is 0 Å². The number of rotatable bonds is 3. The van der Waals surface area contributed by atoms with Gasteiger partial charge in [-0.1, -0.05) is 30.3 Å². The summed E-state index contributed by atoms with van der Waals surface area (Å²) in [7, 11) is 0. The highest BCUT2D eigenvalue weighted by Gasteiger charge is 2.31. The maximum absolute atomic E-state index is 6.38. The molecule has 0 saturated carbocycles. The third kappa shape index (κ3) is 3.40. The van der Waals surface area contributed by atoms with Gasteiger partial charge in [0.1, 0.15) is 0 Å². The molecular formula is C18H20BrClN2O2. The van der Waals surface area contributed by atoms with Crippen LogP contribution in [0.1, 0.15) is 17.0 Å². The molecule has 2 atom stereocenters. The molecule has 0 amide bonds. The molecule has 4 rings (SSSR count). The van der Waals surface area contributed by atoms with Crippen molar-refractivity contribution < 1.29 is 9.47 Å². The van der Waals surface area contributed by atoms with E-state index in [1.165, 1.54) is 11.1 Å². The summed E-state index contributed by atoms with van der Waals surface area (Å²) in [5.74, 6) is 2.01. The number of fused-ring (bicyclic) bond motifs is 1. The van der Waals surface area contributed by atoms with Crippen molar-refractivity contribution in [3.05, 3.63) is 58.1 Å². The van der Waals surface area contributed by atoms with Crippen LogP contribution in [0.2, 0.25) is 0 Å². The highest BCUT2D eigenvalue weighted by molar-refractivity contribution is 9.10. The summed E-state index contributed by atoms with van der Waals surface area (Å²) in [4.78, 5) is 2.41. The van der Waals surface area contributed by atoms with E-state index in [2.05, 4.69) is 57.2 Å². The number of hydrogen-bond acceptors (Lipinski definition) is 4. The molecule has 2 aliphatic rings. The second-order valence-corrected chi connectivity index (χ2v) is 7.04. The monoisotopic (exact) mass is 410 g/mol. The molecule has 0 aromatic heterocycles. The van der Waals surface area contributed by atoms with Crippen molar-refractivity contribution in [1.82, 2.24) is 4.90 Å². The second-order valence-electron chi connectivity index (χ2n) is 6.19. The number of hydrogen-bond donors (Lipinski definition) is 1. The largest absolute Gasteiger partial charge is 0.454 e. The van der Waals surface area contributed by atoms with Crippen LogP contribution in [0, 0.1) is 0 Å². The standard InChI is InChI=1S/C18H19BrN2O2.ClH/c19-15-6-12(7-17-18(15)23-11-22-17)8-21-9-14(16(20)10-21)13-4-2-1-3-5-13;/h1-7,14,16H,8-11,20H2;1H/t14-,16+;/m0./s1. The average molecular weight is 412 g/mol. The molecule has 0 aliphatic carbocycles. The molecule has 0 spiro atoms. The molecule has 24 heavy (non-hydrogen) atoms. The second kappa shape index (κ2) is 7.31. The van der Waals surface area contributed by atoms with Gasteiger partial charge in [-0.3, -0.25) is 4.90 Å². The minimum Gasteiger partial charge on any atom is -0.454 e. The topological polar surface area (TPSA) is 47.7 Å². The molecule has 0 radical (unpaired) electrons. The lowest BCUT2D eigenvalue weighted by atomic mass is 9.95. The Labute approximate surface area is 156 Å². The first-order valence-electron chi connectivity index (χ1n) is 7.81. The van der Waals surface area contributed by atoms with E-state index in [0.717, 1.165) is 35.6 Å². The van der Waals surface area contributed by atoms with Crippen LogP contribution in [0.25, 0.3) is 0 Å². The Morgan fingerprint density at radius 1 is 1.12 bits per heavy atom. The van der Waals surface area contributed by atoms with Gasteiger partial charge in [0, 0.05) is 31.6 Å². The van der Waals surface area contributed by atoms with E-state index >= 15 is 0 Å². The Balaban J connectivity index is 0.00000169. The van der Waals surface area contributed by atoms with E-state index < -0.39 is 0 Å². The van der Waals surface area contributed by atoms with Crippen LogP contribution in [0.4, 0.5) is 0 Å². The van der Waals surface area contributed by atoms with E-state index in [-0.39, 0.29) is 18.4 Å². The normalized spacial score (nSPS) is 22.4. The fourth-order valence-electron chi connectivity index (χ4n) is 3.47. The Bertz CT molecular complexity index is 714. The van der Waals surface area contributed by atoms with Gasteiger partial charge < -0.3 is 15.2 Å². The third-order valence-electron chi connectivity index (χ3n) is 4.56. The highest BCUT2D eigenvalue weighted by Crippen LogP contribution is 2.40. The maximum Gasteiger partial charge on any atom is 0.231 e. The fourth-order valence-corrected chi connectivity index (χ4v) is 4.07. The zero-order chi connectivity index (χ0) is 15.8. The van der Waals surface area contributed by atoms with Crippen molar-refractivity contribution in [1.29, 1.82) is 0 Å². The van der Waals surface area contributed by atoms with Gasteiger partial charge in [0.05, 0.1) is 4.47 Å².